The van der Waals surface area contributed by atoms with Crippen molar-refractivity contribution in [2.45, 2.75) is 207 Å². The van der Waals surface area contributed by atoms with Crippen LogP contribution in [0, 0.1) is 63.6 Å². The van der Waals surface area contributed by atoms with Crippen molar-refractivity contribution >= 4 is 17.9 Å². The van der Waals surface area contributed by atoms with Gasteiger partial charge in [0.15, 0.2) is 12.2 Å². The smallest absolute Gasteiger partial charge is 0.312 e. The number of hydrogen-bond acceptors (Lipinski definition) is 9. The summed E-state index contributed by atoms with van der Waals surface area (Å²) >= 11 is 0. The first-order chi connectivity index (χ1) is 26.5. The summed E-state index contributed by atoms with van der Waals surface area (Å²) in [6, 6.07) is 0. The second kappa shape index (κ2) is 14.8. The standard InChI is InChI=1S/C17H28O3.C17H28O2.C14H20O4/c1-5-15(2,3)14(18)20-16(4)12-6-11-7-13(16)10-17(19,8-11)9-12;1-5-16(2,3)15(18)19-17(4)13-7-11-6-12(9-13)10-14(17)8-11;1-5-14(3,4)13(15)18-11-9-6-8-7(2)16-12(11)10(8)17-9/h11-13,19H,5-10H2,1-4H3;11-14H,5-10H2,1-4H3;8-12H,2,5-6H2,1,3-4H3. The van der Waals surface area contributed by atoms with Gasteiger partial charge in [-0.05, 0) is 175 Å². The quantitative estimate of drug-likeness (QED) is 0.180. The van der Waals surface area contributed by atoms with E-state index in [1.165, 1.54) is 32.1 Å². The van der Waals surface area contributed by atoms with E-state index < -0.39 is 16.4 Å². The van der Waals surface area contributed by atoms with Gasteiger partial charge in [0.1, 0.15) is 17.3 Å². The van der Waals surface area contributed by atoms with Gasteiger partial charge >= 0.3 is 17.9 Å². The highest BCUT2D eigenvalue weighted by atomic mass is 16.6. The zero-order chi connectivity index (χ0) is 41.7. The minimum Gasteiger partial charge on any atom is -0.488 e. The second-order valence-electron chi connectivity index (χ2n) is 22.6. The number of carbonyl (C=O) groups excluding carboxylic acids is 3. The van der Waals surface area contributed by atoms with E-state index in [-0.39, 0.29) is 58.9 Å². The van der Waals surface area contributed by atoms with Gasteiger partial charge in [-0.2, -0.15) is 0 Å². The van der Waals surface area contributed by atoms with Gasteiger partial charge < -0.3 is 28.8 Å². The van der Waals surface area contributed by atoms with Crippen molar-refractivity contribution in [1.82, 2.24) is 0 Å². The predicted octanol–water partition coefficient (Wildman–Crippen LogP) is 9.51. The van der Waals surface area contributed by atoms with Crippen LogP contribution in [-0.2, 0) is 38.1 Å². The highest BCUT2D eigenvalue weighted by molar-refractivity contribution is 5.77. The molecule has 10 bridgehead atoms. The van der Waals surface area contributed by atoms with Crippen LogP contribution in [0.1, 0.15) is 166 Å². The van der Waals surface area contributed by atoms with Gasteiger partial charge in [-0.1, -0.05) is 27.4 Å². The Morgan fingerprint density at radius 1 is 0.649 bits per heavy atom. The maximum atomic E-state index is 12.5. The highest BCUT2D eigenvalue weighted by Crippen LogP contribution is 2.62. The molecule has 0 aromatic heterocycles. The van der Waals surface area contributed by atoms with Crippen LogP contribution in [0.2, 0.25) is 0 Å². The number of fused-ring (bicyclic) bond motifs is 1. The third kappa shape index (κ3) is 7.63. The summed E-state index contributed by atoms with van der Waals surface area (Å²) in [6.45, 7) is 26.1. The Labute approximate surface area is 343 Å². The lowest BCUT2D eigenvalue weighted by Crippen LogP contribution is -2.64. The van der Waals surface area contributed by atoms with Crippen LogP contribution in [0.25, 0.3) is 0 Å². The molecule has 3 saturated heterocycles. The molecule has 7 unspecified atom stereocenters. The van der Waals surface area contributed by atoms with Crippen molar-refractivity contribution < 1.29 is 43.2 Å². The van der Waals surface area contributed by atoms with Crippen molar-refractivity contribution in [3.05, 3.63) is 12.3 Å². The molecule has 0 radical (unpaired) electrons. The molecule has 9 heteroatoms. The maximum absolute atomic E-state index is 12.5. The van der Waals surface area contributed by atoms with Gasteiger partial charge in [0.2, 0.25) is 0 Å². The van der Waals surface area contributed by atoms with Crippen LogP contribution in [0.4, 0.5) is 0 Å². The van der Waals surface area contributed by atoms with E-state index in [9.17, 15) is 19.5 Å². The van der Waals surface area contributed by atoms with Crippen LogP contribution in [0.15, 0.2) is 12.3 Å². The van der Waals surface area contributed by atoms with Gasteiger partial charge in [-0.15, -0.1) is 0 Å². The number of carbonyl (C=O) groups is 3. The fourth-order valence-electron chi connectivity index (χ4n) is 12.5. The van der Waals surface area contributed by atoms with Crippen molar-refractivity contribution in [1.29, 1.82) is 0 Å². The van der Waals surface area contributed by atoms with Crippen molar-refractivity contribution in [2.75, 3.05) is 0 Å². The maximum Gasteiger partial charge on any atom is 0.312 e. The molecule has 57 heavy (non-hydrogen) atoms. The molecular weight excluding hydrogens is 721 g/mol. The van der Waals surface area contributed by atoms with E-state index in [1.807, 2.05) is 55.4 Å². The van der Waals surface area contributed by atoms with Crippen LogP contribution in [0.3, 0.4) is 0 Å². The minimum absolute atomic E-state index is 0.0131. The Morgan fingerprint density at radius 3 is 1.54 bits per heavy atom. The minimum atomic E-state index is -0.470. The van der Waals surface area contributed by atoms with Gasteiger partial charge in [0, 0.05) is 17.8 Å². The second-order valence-corrected chi connectivity index (χ2v) is 22.6. The number of rotatable bonds is 9. The average molecular weight is 797 g/mol. The lowest BCUT2D eigenvalue weighted by Gasteiger charge is -2.62. The molecular formula is C48H76O9. The third-order valence-corrected chi connectivity index (χ3v) is 17.6. The molecule has 11 rings (SSSR count). The summed E-state index contributed by atoms with van der Waals surface area (Å²) in [7, 11) is 0. The van der Waals surface area contributed by atoms with E-state index in [0.29, 0.717) is 35.5 Å². The molecule has 0 amide bonds. The molecule has 7 atom stereocenters. The Balaban J connectivity index is 0.000000131. The molecule has 0 aromatic rings. The Bertz CT molecular complexity index is 1530. The van der Waals surface area contributed by atoms with Gasteiger partial charge in [-0.25, -0.2) is 0 Å². The van der Waals surface area contributed by atoms with E-state index in [2.05, 4.69) is 27.4 Å². The molecule has 11 fully saturated rings. The first-order valence-electron chi connectivity index (χ1n) is 22.9. The molecule has 0 spiro atoms. The van der Waals surface area contributed by atoms with E-state index in [0.717, 1.165) is 75.4 Å². The summed E-state index contributed by atoms with van der Waals surface area (Å²) in [5, 5.41) is 10.6. The molecule has 3 aliphatic heterocycles. The Hall–Kier alpha value is -2.13. The third-order valence-electron chi connectivity index (χ3n) is 17.6. The van der Waals surface area contributed by atoms with Crippen molar-refractivity contribution in [3.63, 3.8) is 0 Å². The van der Waals surface area contributed by atoms with Crippen LogP contribution >= 0.6 is 0 Å². The molecule has 8 saturated carbocycles. The van der Waals surface area contributed by atoms with E-state index in [4.69, 9.17) is 23.7 Å². The summed E-state index contributed by atoms with van der Waals surface area (Å²) in [4.78, 5) is 37.1. The van der Waals surface area contributed by atoms with Gasteiger partial charge in [-0.3, -0.25) is 14.4 Å². The number of aliphatic hydroxyl groups is 1. The molecule has 9 nitrogen and oxygen atoms in total. The molecule has 322 valence electrons. The summed E-state index contributed by atoms with van der Waals surface area (Å²) in [5.41, 5.74) is -2.19. The SMILES string of the molecule is C=C1OC2C(OC(=O)C(C)(C)CC)C3CC1C2O3.CCC(C)(C)C(=O)OC1(C)C2CC3CC(C2)CC1C3.CCC(C)(C)C(=O)OC1(C)C2CC3CC1CC(O)(C3)C2. The van der Waals surface area contributed by atoms with Crippen molar-refractivity contribution in [2.24, 2.45) is 63.6 Å². The van der Waals surface area contributed by atoms with Crippen molar-refractivity contribution in [3.8, 4) is 0 Å². The summed E-state index contributed by atoms with van der Waals surface area (Å²) in [5.74, 6) is 5.31. The van der Waals surface area contributed by atoms with E-state index in [1.54, 1.807) is 0 Å². The largest absolute Gasteiger partial charge is 0.488 e. The Kier molecular flexibility index (Phi) is 11.2. The van der Waals surface area contributed by atoms with Gasteiger partial charge in [0.05, 0.1) is 33.7 Å². The van der Waals surface area contributed by atoms with Crippen LogP contribution in [-0.4, -0.2) is 64.2 Å². The average Bonchev–Trinajstić information content (AvgIpc) is 3.78. The summed E-state index contributed by atoms with van der Waals surface area (Å²) in [6.07, 6.45) is 14.4. The highest BCUT2D eigenvalue weighted by Gasteiger charge is 2.64. The van der Waals surface area contributed by atoms with Crippen LogP contribution < -0.4 is 0 Å². The van der Waals surface area contributed by atoms with Gasteiger partial charge in [0.25, 0.3) is 0 Å². The number of hydrogen-bond donors (Lipinski definition) is 1. The van der Waals surface area contributed by atoms with Crippen LogP contribution in [0.5, 0.6) is 0 Å². The first-order valence-corrected chi connectivity index (χ1v) is 22.9. The number of ether oxygens (including phenoxy) is 5. The topological polar surface area (TPSA) is 118 Å². The zero-order valence-corrected chi connectivity index (χ0v) is 37.2. The molecule has 3 heterocycles. The number of esters is 3. The zero-order valence-electron chi connectivity index (χ0n) is 37.2. The first kappa shape index (κ1) is 43.0. The monoisotopic (exact) mass is 797 g/mol. The predicted molar refractivity (Wildman–Crippen MR) is 217 cm³/mol. The fourth-order valence-corrected chi connectivity index (χ4v) is 12.5. The lowest BCUT2D eigenvalue weighted by atomic mass is 9.48. The molecule has 8 aliphatic carbocycles. The summed E-state index contributed by atoms with van der Waals surface area (Å²) < 4.78 is 29.4. The Morgan fingerprint density at radius 2 is 1.09 bits per heavy atom. The molecule has 1 N–H and O–H groups in total. The van der Waals surface area contributed by atoms with E-state index >= 15 is 0 Å². The lowest BCUT2D eigenvalue weighted by molar-refractivity contribution is -0.240. The molecule has 0 aromatic carbocycles. The molecule has 11 aliphatic rings. The fraction of sp³-hybridized carbons (Fsp3) is 0.896. The normalized spacial score (nSPS) is 44.1.